The van der Waals surface area contributed by atoms with E-state index >= 15 is 0 Å². The molecule has 0 aromatic carbocycles. The predicted molar refractivity (Wildman–Crippen MR) is 45.3 cm³/mol. The highest BCUT2D eigenvalue weighted by molar-refractivity contribution is 9.69. The van der Waals surface area contributed by atoms with Crippen molar-refractivity contribution in [2.24, 2.45) is 0 Å². The molecule has 0 radical (unpaired) electrons. The number of rotatable bonds is 0. The summed E-state index contributed by atoms with van der Waals surface area (Å²) in [6, 6.07) is 0. The molecule has 0 saturated heterocycles. The summed E-state index contributed by atoms with van der Waals surface area (Å²) in [5.41, 5.74) is 0. The van der Waals surface area contributed by atoms with Gasteiger partial charge in [-0.15, -0.1) is 0 Å². The summed E-state index contributed by atoms with van der Waals surface area (Å²) in [4.78, 5) is 0. The molecular weight excluding hydrogens is 307 g/mol. The zero-order valence-electron chi connectivity index (χ0n) is 3.87. The minimum Gasteiger partial charge on any atom is -0.397 e. The molecule has 0 spiro atoms. The van der Waals surface area contributed by atoms with Gasteiger partial charge >= 0.3 is 8.67 Å². The van der Waals surface area contributed by atoms with Crippen LogP contribution < -0.4 is 0 Å². The van der Waals surface area contributed by atoms with E-state index in [1.54, 1.807) is 6.92 Å². The summed E-state index contributed by atoms with van der Waals surface area (Å²) < 4.78 is 0. The van der Waals surface area contributed by atoms with E-state index in [9.17, 15) is 0 Å². The molecule has 0 rings (SSSR count). The van der Waals surface area contributed by atoms with Crippen molar-refractivity contribution in [3.05, 3.63) is 0 Å². The maximum Gasteiger partial charge on any atom is 0.542 e. The Bertz CT molecular complexity index is 24.1. The van der Waals surface area contributed by atoms with Gasteiger partial charge in [0.1, 0.15) is 0 Å². The van der Waals surface area contributed by atoms with Gasteiger partial charge in [-0.1, -0.05) is 0 Å². The van der Waals surface area contributed by atoms with Gasteiger partial charge in [0.25, 0.3) is 0 Å². The van der Waals surface area contributed by atoms with E-state index in [-0.39, 0.29) is 6.61 Å². The lowest BCUT2D eigenvalue weighted by molar-refractivity contribution is 0.318. The molecular formula is C2H6AlBr3O. The average molecular weight is 313 g/mol. The number of halogens is 3. The van der Waals surface area contributed by atoms with E-state index in [4.69, 9.17) is 5.11 Å². The molecule has 0 fully saturated rings. The van der Waals surface area contributed by atoms with Crippen LogP contribution in [0.3, 0.4) is 0 Å². The van der Waals surface area contributed by atoms with Crippen LogP contribution in [0.2, 0.25) is 0 Å². The highest BCUT2D eigenvalue weighted by atomic mass is 80.0. The van der Waals surface area contributed by atoms with Gasteiger partial charge in [0.05, 0.1) is 0 Å². The Morgan fingerprint density at radius 1 is 1.43 bits per heavy atom. The monoisotopic (exact) mass is 310 g/mol. The SMILES string of the molecule is CCO.[Br][Al]([Br])[Br]. The number of hydrogen-bond acceptors (Lipinski definition) is 1. The first-order chi connectivity index (χ1) is 3.15. The zero-order chi connectivity index (χ0) is 6.28. The van der Waals surface area contributed by atoms with Gasteiger partial charge in [-0.3, -0.25) is 0 Å². The second kappa shape index (κ2) is 10.8. The van der Waals surface area contributed by atoms with Gasteiger partial charge < -0.3 is 5.11 Å². The first-order valence-corrected chi connectivity index (χ1v) is 11.2. The fraction of sp³-hybridized carbons (Fsp3) is 1.00. The summed E-state index contributed by atoms with van der Waals surface area (Å²) in [5.74, 6) is 0. The number of aliphatic hydroxyl groups is 1. The van der Waals surface area contributed by atoms with Crippen LogP contribution in [0, 0.1) is 0 Å². The molecule has 5 heteroatoms. The third kappa shape index (κ3) is 74.8. The molecule has 0 aliphatic carbocycles. The van der Waals surface area contributed by atoms with Crippen molar-refractivity contribution in [1.29, 1.82) is 0 Å². The summed E-state index contributed by atoms with van der Waals surface area (Å²) in [6.45, 7) is 1.93. The van der Waals surface area contributed by atoms with Crippen molar-refractivity contribution >= 4 is 50.8 Å². The fourth-order valence-corrected chi connectivity index (χ4v) is 0. The minimum atomic E-state index is -0.701. The Labute approximate surface area is 68.8 Å². The first kappa shape index (κ1) is 11.7. The lowest BCUT2D eigenvalue weighted by Gasteiger charge is -1.59. The topological polar surface area (TPSA) is 20.2 Å². The van der Waals surface area contributed by atoms with Crippen molar-refractivity contribution < 1.29 is 5.11 Å². The maximum absolute atomic E-state index is 7.57. The molecule has 0 saturated carbocycles. The summed E-state index contributed by atoms with van der Waals surface area (Å²) in [5, 5.41) is 7.57. The Morgan fingerprint density at radius 2 is 1.43 bits per heavy atom. The molecule has 0 aliphatic rings. The Hall–Kier alpha value is 1.93. The number of hydrogen-bond donors (Lipinski definition) is 1. The molecule has 7 heavy (non-hydrogen) atoms. The molecule has 0 aromatic rings. The largest absolute Gasteiger partial charge is 0.542 e. The van der Waals surface area contributed by atoms with Gasteiger partial charge in [0.2, 0.25) is 0 Å². The molecule has 1 nitrogen and oxygen atoms in total. The third-order valence-corrected chi connectivity index (χ3v) is 0. The average Bonchev–Trinajstić information content (AvgIpc) is 1.33. The van der Waals surface area contributed by atoms with Crippen LogP contribution in [-0.4, -0.2) is 20.4 Å². The van der Waals surface area contributed by atoms with Crippen molar-refractivity contribution in [3.63, 3.8) is 0 Å². The molecule has 0 bridgehead atoms. The smallest absolute Gasteiger partial charge is 0.397 e. The Morgan fingerprint density at radius 3 is 1.43 bits per heavy atom. The van der Waals surface area contributed by atoms with Crippen molar-refractivity contribution in [3.8, 4) is 0 Å². The zero-order valence-corrected chi connectivity index (χ0v) is 9.78. The summed E-state index contributed by atoms with van der Waals surface area (Å²) in [6.07, 6.45) is 0. The first-order valence-electron chi connectivity index (χ1n) is 1.68. The quantitative estimate of drug-likeness (QED) is 0.680. The Kier molecular flexibility index (Phi) is 18.1. The van der Waals surface area contributed by atoms with Gasteiger partial charge in [-0.25, -0.2) is 0 Å². The van der Waals surface area contributed by atoms with E-state index in [0.717, 1.165) is 0 Å². The second-order valence-electron chi connectivity index (χ2n) is 0.564. The van der Waals surface area contributed by atoms with Crippen LogP contribution in [0.15, 0.2) is 0 Å². The molecule has 44 valence electrons. The molecule has 0 unspecified atom stereocenters. The van der Waals surface area contributed by atoms with Gasteiger partial charge in [-0.05, 0) is 6.92 Å². The van der Waals surface area contributed by atoms with Crippen molar-refractivity contribution in [2.75, 3.05) is 6.61 Å². The second-order valence-corrected chi connectivity index (χ2v) is 20.4. The molecule has 0 amide bonds. The highest BCUT2D eigenvalue weighted by Crippen LogP contribution is 2.07. The highest BCUT2D eigenvalue weighted by Gasteiger charge is 1.95. The normalized spacial score (nSPS) is 6.43. The summed E-state index contributed by atoms with van der Waals surface area (Å²) >= 11 is 9.73. The molecule has 0 atom stereocenters. The Balaban J connectivity index is 0. The maximum atomic E-state index is 7.57. The molecule has 0 aliphatic heterocycles. The molecule has 1 N–H and O–H groups in total. The molecule has 0 aromatic heterocycles. The number of aliphatic hydroxyl groups excluding tert-OH is 1. The van der Waals surface area contributed by atoms with Crippen LogP contribution in [0.4, 0.5) is 0 Å². The van der Waals surface area contributed by atoms with Crippen LogP contribution in [0.1, 0.15) is 6.92 Å². The lowest BCUT2D eigenvalue weighted by Crippen LogP contribution is -1.60. The van der Waals surface area contributed by atoms with Crippen molar-refractivity contribution in [2.45, 2.75) is 6.92 Å². The van der Waals surface area contributed by atoms with Gasteiger partial charge in [0, 0.05) is 6.61 Å². The van der Waals surface area contributed by atoms with Crippen LogP contribution in [0.25, 0.3) is 0 Å². The fourth-order valence-electron chi connectivity index (χ4n) is 0. The van der Waals surface area contributed by atoms with E-state index in [1.165, 1.54) is 0 Å². The van der Waals surface area contributed by atoms with Crippen LogP contribution in [-0.2, 0) is 0 Å². The predicted octanol–water partition coefficient (Wildman–Crippen LogP) is 2.15. The lowest BCUT2D eigenvalue weighted by atomic mass is 10.9. The molecule has 0 heterocycles. The minimum absolute atomic E-state index is 0.250. The van der Waals surface area contributed by atoms with Gasteiger partial charge in [-0.2, -0.15) is 42.2 Å². The van der Waals surface area contributed by atoms with E-state index in [0.29, 0.717) is 0 Å². The van der Waals surface area contributed by atoms with Gasteiger partial charge in [0.15, 0.2) is 0 Å². The van der Waals surface area contributed by atoms with E-state index < -0.39 is 8.67 Å². The van der Waals surface area contributed by atoms with Crippen LogP contribution in [0.5, 0.6) is 0 Å². The van der Waals surface area contributed by atoms with E-state index in [1.807, 2.05) is 0 Å². The third-order valence-electron chi connectivity index (χ3n) is 0. The van der Waals surface area contributed by atoms with E-state index in [2.05, 4.69) is 42.2 Å². The standard InChI is InChI=1S/C2H6O.Al.3BrH/c1-2-3;;;;/h3H,2H2,1H3;;3*1H/q;+3;;;/p-3. The van der Waals surface area contributed by atoms with Crippen LogP contribution >= 0.6 is 42.2 Å². The van der Waals surface area contributed by atoms with Crippen molar-refractivity contribution in [1.82, 2.24) is 0 Å². The summed E-state index contributed by atoms with van der Waals surface area (Å²) in [7, 11) is -0.701.